The molecule has 0 saturated heterocycles. The summed E-state index contributed by atoms with van der Waals surface area (Å²) in [5.74, 6) is -1.99. The van der Waals surface area contributed by atoms with Crippen LogP contribution in [-0.4, -0.2) is 26.4 Å². The summed E-state index contributed by atoms with van der Waals surface area (Å²) in [6.07, 6.45) is 3.53. The van der Waals surface area contributed by atoms with Crippen LogP contribution < -0.4 is 0 Å². The van der Waals surface area contributed by atoms with Gasteiger partial charge in [-0.3, -0.25) is 14.6 Å². The number of hydrogen-bond donors (Lipinski definition) is 1. The van der Waals surface area contributed by atoms with E-state index in [1.165, 1.54) is 6.92 Å². The Morgan fingerprint density at radius 3 is 2.61 bits per heavy atom. The van der Waals surface area contributed by atoms with E-state index in [0.717, 1.165) is 44.3 Å². The van der Waals surface area contributed by atoms with Crippen molar-refractivity contribution in [2.45, 2.75) is 19.9 Å². The molecule has 3 heterocycles. The van der Waals surface area contributed by atoms with Crippen LogP contribution in [0.5, 0.6) is 0 Å². The van der Waals surface area contributed by atoms with Crippen LogP contribution in [0.3, 0.4) is 0 Å². The lowest BCUT2D eigenvalue weighted by atomic mass is 9.99. The van der Waals surface area contributed by atoms with Crippen LogP contribution in [0.1, 0.15) is 29.3 Å². The maximum absolute atomic E-state index is 13.0. The molecule has 188 valence electrons. The summed E-state index contributed by atoms with van der Waals surface area (Å²) in [5.41, 5.74) is 5.65. The van der Waals surface area contributed by atoms with Gasteiger partial charge in [0.05, 0.1) is 11.6 Å². The number of rotatable bonds is 7. The standard InChI is InChI=1S/C31H23ClN2O4/c1-18(31(36)37)13-28(35)25-17-34(27-12-10-20(32)14-24(25)27)16-19-9-11-26(33-15-19)23-7-4-6-22-21-5-2-3-8-29(21)38-30(22)23/h2-12,14-15,17-18H,13,16H2,1H3,(H,36,37). The second-order valence-electron chi connectivity index (χ2n) is 9.53. The van der Waals surface area contributed by atoms with Crippen LogP contribution in [0.4, 0.5) is 0 Å². The number of nitrogens with zero attached hydrogens (tertiary/aromatic N) is 2. The molecule has 3 aromatic heterocycles. The van der Waals surface area contributed by atoms with Crippen LogP contribution in [0, 0.1) is 5.92 Å². The average molecular weight is 523 g/mol. The minimum atomic E-state index is -0.996. The van der Waals surface area contributed by atoms with E-state index in [1.54, 1.807) is 18.3 Å². The largest absolute Gasteiger partial charge is 0.481 e. The van der Waals surface area contributed by atoms with Crippen molar-refractivity contribution in [3.63, 3.8) is 0 Å². The molecule has 0 spiro atoms. The van der Waals surface area contributed by atoms with Gasteiger partial charge in [0, 0.05) is 63.2 Å². The molecule has 1 atom stereocenters. The van der Waals surface area contributed by atoms with Gasteiger partial charge in [-0.05, 0) is 42.0 Å². The van der Waals surface area contributed by atoms with Gasteiger partial charge >= 0.3 is 5.97 Å². The van der Waals surface area contributed by atoms with Crippen molar-refractivity contribution >= 4 is 56.2 Å². The molecule has 6 rings (SSSR count). The van der Waals surface area contributed by atoms with E-state index >= 15 is 0 Å². The highest BCUT2D eigenvalue weighted by Gasteiger charge is 2.21. The number of benzene rings is 3. The number of fused-ring (bicyclic) bond motifs is 4. The number of aliphatic carboxylic acids is 1. The number of carbonyl (C=O) groups is 2. The first kappa shape index (κ1) is 23.9. The van der Waals surface area contributed by atoms with Crippen LogP contribution in [0.2, 0.25) is 5.02 Å². The monoisotopic (exact) mass is 522 g/mol. The van der Waals surface area contributed by atoms with Gasteiger partial charge in [0.25, 0.3) is 0 Å². The fourth-order valence-electron chi connectivity index (χ4n) is 4.92. The third-order valence-electron chi connectivity index (χ3n) is 6.91. The van der Waals surface area contributed by atoms with Crippen LogP contribution in [0.25, 0.3) is 44.1 Å². The van der Waals surface area contributed by atoms with Crippen molar-refractivity contribution < 1.29 is 19.1 Å². The van der Waals surface area contributed by atoms with Gasteiger partial charge in [-0.25, -0.2) is 0 Å². The van der Waals surface area contributed by atoms with Gasteiger partial charge in [-0.2, -0.15) is 0 Å². The first-order valence-corrected chi connectivity index (χ1v) is 12.7. The highest BCUT2D eigenvalue weighted by Crippen LogP contribution is 2.35. The molecule has 38 heavy (non-hydrogen) atoms. The summed E-state index contributed by atoms with van der Waals surface area (Å²) in [6.45, 7) is 2.02. The molecule has 1 N–H and O–H groups in total. The maximum Gasteiger partial charge on any atom is 0.306 e. The van der Waals surface area contributed by atoms with E-state index in [-0.39, 0.29) is 12.2 Å². The van der Waals surface area contributed by atoms with E-state index in [0.29, 0.717) is 22.5 Å². The molecule has 0 bridgehead atoms. The average Bonchev–Trinajstić information content (AvgIpc) is 3.47. The highest BCUT2D eigenvalue weighted by atomic mass is 35.5. The van der Waals surface area contributed by atoms with E-state index in [4.69, 9.17) is 21.0 Å². The van der Waals surface area contributed by atoms with Crippen LogP contribution in [0.15, 0.2) is 89.6 Å². The Labute approximate surface area is 223 Å². The quantitative estimate of drug-likeness (QED) is 0.218. The minimum absolute atomic E-state index is 0.0788. The van der Waals surface area contributed by atoms with Crippen molar-refractivity contribution in [3.8, 4) is 11.3 Å². The van der Waals surface area contributed by atoms with Crippen LogP contribution in [-0.2, 0) is 11.3 Å². The summed E-state index contributed by atoms with van der Waals surface area (Å²) >= 11 is 6.23. The lowest BCUT2D eigenvalue weighted by Crippen LogP contribution is -2.14. The predicted molar refractivity (Wildman–Crippen MR) is 149 cm³/mol. The number of halogens is 1. The van der Waals surface area contributed by atoms with Gasteiger partial charge < -0.3 is 14.1 Å². The number of carboxylic acid groups (broad SMARTS) is 1. The molecule has 0 aliphatic carbocycles. The molecule has 7 heteroatoms. The summed E-state index contributed by atoms with van der Waals surface area (Å²) in [7, 11) is 0. The second kappa shape index (κ2) is 9.47. The van der Waals surface area contributed by atoms with Gasteiger partial charge in [0.1, 0.15) is 11.2 Å². The number of ketones is 1. The summed E-state index contributed by atoms with van der Waals surface area (Å²) in [5, 5.41) is 12.6. The number of para-hydroxylation sites is 2. The minimum Gasteiger partial charge on any atom is -0.481 e. The molecule has 0 saturated carbocycles. The zero-order chi connectivity index (χ0) is 26.4. The lowest BCUT2D eigenvalue weighted by molar-refractivity contribution is -0.141. The zero-order valence-corrected chi connectivity index (χ0v) is 21.3. The zero-order valence-electron chi connectivity index (χ0n) is 20.5. The molecule has 6 nitrogen and oxygen atoms in total. The van der Waals surface area contributed by atoms with Crippen molar-refractivity contribution in [1.29, 1.82) is 0 Å². The third kappa shape index (κ3) is 4.23. The Morgan fingerprint density at radius 2 is 1.82 bits per heavy atom. The number of hydrogen-bond acceptors (Lipinski definition) is 4. The summed E-state index contributed by atoms with van der Waals surface area (Å²) < 4.78 is 8.14. The number of furan rings is 1. The Balaban J connectivity index is 1.33. The third-order valence-corrected chi connectivity index (χ3v) is 7.15. The van der Waals surface area contributed by atoms with Gasteiger partial charge in [0.15, 0.2) is 5.78 Å². The van der Waals surface area contributed by atoms with E-state index in [2.05, 4.69) is 12.1 Å². The van der Waals surface area contributed by atoms with Crippen molar-refractivity contribution in [3.05, 3.63) is 101 Å². The molecule has 0 amide bonds. The van der Waals surface area contributed by atoms with Crippen LogP contribution >= 0.6 is 11.6 Å². The number of pyridine rings is 1. The van der Waals surface area contributed by atoms with E-state index in [9.17, 15) is 14.7 Å². The maximum atomic E-state index is 13.0. The SMILES string of the molecule is CC(CC(=O)c1cn(Cc2ccc(-c3cccc4c3oc3ccccc34)nc2)c2ccc(Cl)cc12)C(=O)O. The molecule has 0 aliphatic rings. The molecule has 0 radical (unpaired) electrons. The summed E-state index contributed by atoms with van der Waals surface area (Å²) in [6, 6.07) is 23.4. The molecular weight excluding hydrogens is 500 g/mol. The highest BCUT2D eigenvalue weighted by molar-refractivity contribution is 6.31. The molecule has 0 aliphatic heterocycles. The first-order chi connectivity index (χ1) is 18.4. The molecule has 3 aromatic carbocycles. The second-order valence-corrected chi connectivity index (χ2v) is 9.97. The number of carbonyl (C=O) groups excluding carboxylic acids is 1. The first-order valence-electron chi connectivity index (χ1n) is 12.3. The van der Waals surface area contributed by atoms with Gasteiger partial charge in [0.2, 0.25) is 0 Å². The molecular formula is C31H23ClN2O4. The van der Waals surface area contributed by atoms with E-state index in [1.807, 2.05) is 59.3 Å². The Hall–Kier alpha value is -4.42. The molecule has 6 aromatic rings. The lowest BCUT2D eigenvalue weighted by Gasteiger charge is -2.07. The fourth-order valence-corrected chi connectivity index (χ4v) is 5.09. The smallest absolute Gasteiger partial charge is 0.306 e. The predicted octanol–water partition coefficient (Wildman–Crippen LogP) is 7.60. The van der Waals surface area contributed by atoms with E-state index < -0.39 is 11.9 Å². The Kier molecular flexibility index (Phi) is 5.97. The number of carboxylic acids is 1. The number of aromatic nitrogens is 2. The van der Waals surface area contributed by atoms with Crippen molar-refractivity contribution in [2.75, 3.05) is 0 Å². The van der Waals surface area contributed by atoms with Crippen molar-refractivity contribution in [2.24, 2.45) is 5.92 Å². The van der Waals surface area contributed by atoms with Crippen molar-refractivity contribution in [1.82, 2.24) is 9.55 Å². The fraction of sp³-hybridized carbons (Fsp3) is 0.129. The normalized spacial score (nSPS) is 12.4. The molecule has 1 unspecified atom stereocenters. The Morgan fingerprint density at radius 1 is 1.00 bits per heavy atom. The van der Waals surface area contributed by atoms with Gasteiger partial charge in [-0.15, -0.1) is 0 Å². The molecule has 0 fully saturated rings. The Bertz CT molecular complexity index is 1850. The van der Waals surface area contributed by atoms with Gasteiger partial charge in [-0.1, -0.05) is 54.9 Å². The summed E-state index contributed by atoms with van der Waals surface area (Å²) in [4.78, 5) is 29.0. The topological polar surface area (TPSA) is 85.3 Å². The number of Topliss-reactive ketones (excluding diaryl/α,β-unsaturated/α-hetero) is 1.